The zero-order valence-electron chi connectivity index (χ0n) is 15.2. The zero-order valence-corrected chi connectivity index (χ0v) is 13.2. The molecule has 2 aromatic rings. The molecule has 0 amide bonds. The van der Waals surface area contributed by atoms with Gasteiger partial charge in [0.1, 0.15) is 0 Å². The molecule has 0 aliphatic heterocycles. The lowest BCUT2D eigenvalue weighted by atomic mass is 9.88. The topological polar surface area (TPSA) is 24.2 Å². The van der Waals surface area contributed by atoms with Gasteiger partial charge in [-0.25, -0.2) is 4.42 Å². The Morgan fingerprint density at radius 2 is 1.30 bits per heavy atom. The van der Waals surface area contributed by atoms with Crippen molar-refractivity contribution in [2.45, 2.75) is 52.4 Å². The molecule has 0 N–H and O–H groups in total. The summed E-state index contributed by atoms with van der Waals surface area (Å²) in [6.07, 6.45) is 0.218. The largest absolute Gasteiger partial charge is 0.335 e. The summed E-state index contributed by atoms with van der Waals surface area (Å²) in [5.74, 6) is 1.79. The highest BCUT2D eigenvalue weighted by molar-refractivity contribution is 5.63. The number of rotatable bonds is 1. The second-order valence-electron chi connectivity index (χ2n) is 7.19. The van der Waals surface area contributed by atoms with E-state index >= 15 is 0 Å². The first-order chi connectivity index (χ1) is 9.96. The number of hydrogen-bond donors (Lipinski definition) is 0. The summed E-state index contributed by atoms with van der Waals surface area (Å²) in [6, 6.07) is 7.38. The summed E-state index contributed by atoms with van der Waals surface area (Å²) in [5.41, 5.74) is 1.56. The Bertz CT molecular complexity index is 645. The first kappa shape index (κ1) is 12.1. The van der Waals surface area contributed by atoms with Crippen LogP contribution >= 0.6 is 0 Å². The van der Waals surface area contributed by atoms with E-state index in [9.17, 15) is 0 Å². The molecule has 2 heterocycles. The van der Waals surface area contributed by atoms with Crippen molar-refractivity contribution in [3.8, 4) is 11.1 Å². The molecule has 0 aliphatic carbocycles. The van der Waals surface area contributed by atoms with Crippen LogP contribution in [0.15, 0.2) is 41.0 Å². The van der Waals surface area contributed by atoms with Crippen LogP contribution in [0.25, 0.3) is 11.1 Å². The average molecular weight is 272 g/mol. The van der Waals surface area contributed by atoms with Crippen LogP contribution < -0.4 is 0 Å². The van der Waals surface area contributed by atoms with Gasteiger partial charge >= 0.3 is 11.5 Å². The average Bonchev–Trinajstić information content (AvgIpc) is 2.35. The predicted molar refractivity (Wildman–Crippen MR) is 83.7 cm³/mol. The monoisotopic (exact) mass is 272 g/mol. The fraction of sp³-hybridized carbons (Fsp3) is 0.444. The van der Waals surface area contributed by atoms with Gasteiger partial charge in [-0.3, -0.25) is 4.98 Å². The molecule has 2 rings (SSSR count). The van der Waals surface area contributed by atoms with Crippen LogP contribution in [0.3, 0.4) is 0 Å². The Kier molecular flexibility index (Phi) is 3.02. The van der Waals surface area contributed by atoms with Crippen LogP contribution in [0.5, 0.6) is 0 Å². The molecule has 0 unspecified atom stereocenters. The minimum atomic E-state index is -0.114. The summed E-state index contributed by atoms with van der Waals surface area (Å²) in [5, 5.41) is 0. The SMILES string of the molecule is [2H]c1cc(-c2cc(C(C)(C)C)[o+]c(C(C)(C)C)c2)cc([2H])n1. The van der Waals surface area contributed by atoms with Crippen LogP contribution in [0.2, 0.25) is 0 Å². The lowest BCUT2D eigenvalue weighted by Crippen LogP contribution is -2.16. The Hall–Kier alpha value is -1.70. The normalized spacial score (nSPS) is 13.9. The van der Waals surface area contributed by atoms with Crippen LogP contribution in [-0.2, 0) is 10.8 Å². The standard InChI is InChI=1S/C18H24NO/c1-17(2,3)15-11-14(13-7-9-19-10-8-13)12-16(20-15)18(4,5)6/h7-12H,1-6H3/q+1/i9D,10D. The summed E-state index contributed by atoms with van der Waals surface area (Å²) >= 11 is 0. The van der Waals surface area contributed by atoms with Gasteiger partial charge in [0.05, 0.1) is 13.6 Å². The first-order valence-electron chi connectivity index (χ1n) is 7.91. The van der Waals surface area contributed by atoms with E-state index in [2.05, 4.69) is 46.5 Å². The minimum Gasteiger partial charge on any atom is -0.265 e. The molecule has 0 aliphatic rings. The number of nitrogens with zero attached hydrogens (tertiary/aromatic N) is 1. The maximum atomic E-state index is 7.72. The van der Waals surface area contributed by atoms with E-state index in [4.69, 9.17) is 7.16 Å². The summed E-state index contributed by atoms with van der Waals surface area (Å²) in [6.45, 7) is 12.7. The van der Waals surface area contributed by atoms with E-state index in [0.29, 0.717) is 0 Å². The summed E-state index contributed by atoms with van der Waals surface area (Å²) in [4.78, 5) is 3.81. The Morgan fingerprint density at radius 1 is 0.850 bits per heavy atom. The van der Waals surface area contributed by atoms with Gasteiger partial charge in [-0.2, -0.15) is 0 Å². The molecule has 2 nitrogen and oxygen atoms in total. The molecule has 0 saturated carbocycles. The number of hydrogen-bond acceptors (Lipinski definition) is 1. The Labute approximate surface area is 124 Å². The number of aromatic nitrogens is 1. The molecular formula is C18H24NO+. The molecule has 0 fully saturated rings. The van der Waals surface area contributed by atoms with Gasteiger partial charge in [-0.1, -0.05) is 0 Å². The van der Waals surface area contributed by atoms with E-state index in [1.807, 2.05) is 12.1 Å². The van der Waals surface area contributed by atoms with Crippen molar-refractivity contribution in [2.24, 2.45) is 0 Å². The minimum absolute atomic E-state index is 0.109. The van der Waals surface area contributed by atoms with Crippen LogP contribution in [0.1, 0.15) is 55.8 Å². The van der Waals surface area contributed by atoms with Crippen molar-refractivity contribution in [3.63, 3.8) is 0 Å². The van der Waals surface area contributed by atoms with Gasteiger partial charge in [0.2, 0.25) is 0 Å². The lowest BCUT2D eigenvalue weighted by Gasteiger charge is -2.15. The van der Waals surface area contributed by atoms with Gasteiger partial charge in [-0.05, 0) is 64.8 Å². The fourth-order valence-electron chi connectivity index (χ4n) is 1.86. The molecule has 106 valence electrons. The second-order valence-corrected chi connectivity index (χ2v) is 7.19. The predicted octanol–water partition coefficient (Wildman–Crippen LogP) is 5.22. The quantitative estimate of drug-likeness (QED) is 0.665. The lowest BCUT2D eigenvalue weighted by molar-refractivity contribution is 0.329. The van der Waals surface area contributed by atoms with Crippen LogP contribution in [0, 0.1) is 0 Å². The molecule has 0 saturated heterocycles. The molecule has 0 atom stereocenters. The van der Waals surface area contributed by atoms with Gasteiger partial charge in [0.25, 0.3) is 0 Å². The van der Waals surface area contributed by atoms with Gasteiger partial charge in [0.15, 0.2) is 0 Å². The highest BCUT2D eigenvalue weighted by Gasteiger charge is 2.33. The highest BCUT2D eigenvalue weighted by atomic mass is 16.3. The molecular weight excluding hydrogens is 246 g/mol. The fourth-order valence-corrected chi connectivity index (χ4v) is 1.86. The number of pyridine rings is 1. The summed E-state index contributed by atoms with van der Waals surface area (Å²) < 4.78 is 21.6. The van der Waals surface area contributed by atoms with E-state index < -0.39 is 0 Å². The van der Waals surface area contributed by atoms with E-state index in [-0.39, 0.29) is 23.2 Å². The van der Waals surface area contributed by atoms with E-state index in [0.717, 1.165) is 22.6 Å². The third-order valence-electron chi connectivity index (χ3n) is 3.17. The molecule has 0 aromatic carbocycles. The van der Waals surface area contributed by atoms with E-state index in [1.54, 1.807) is 12.1 Å². The van der Waals surface area contributed by atoms with Gasteiger partial charge in [0, 0.05) is 24.5 Å². The van der Waals surface area contributed by atoms with Crippen molar-refractivity contribution >= 4 is 0 Å². The van der Waals surface area contributed by atoms with Crippen LogP contribution in [-0.4, -0.2) is 4.98 Å². The molecule has 2 aromatic heterocycles. The van der Waals surface area contributed by atoms with Crippen molar-refractivity contribution < 1.29 is 7.16 Å². The molecule has 20 heavy (non-hydrogen) atoms. The Morgan fingerprint density at radius 3 is 1.70 bits per heavy atom. The van der Waals surface area contributed by atoms with Crippen molar-refractivity contribution in [2.75, 3.05) is 0 Å². The molecule has 2 heteroatoms. The van der Waals surface area contributed by atoms with E-state index in [1.165, 1.54) is 0 Å². The molecule has 0 spiro atoms. The van der Waals surface area contributed by atoms with Crippen molar-refractivity contribution in [3.05, 3.63) is 48.1 Å². The van der Waals surface area contributed by atoms with Gasteiger partial charge in [-0.15, -0.1) is 0 Å². The maximum absolute atomic E-state index is 7.72. The second kappa shape index (κ2) is 5.01. The smallest absolute Gasteiger partial charge is 0.265 e. The molecule has 0 bridgehead atoms. The maximum Gasteiger partial charge on any atom is 0.335 e. The first-order valence-corrected chi connectivity index (χ1v) is 6.91. The third kappa shape index (κ3) is 3.24. The van der Waals surface area contributed by atoms with Crippen LogP contribution in [0.4, 0.5) is 0 Å². The molecule has 0 radical (unpaired) electrons. The van der Waals surface area contributed by atoms with Crippen molar-refractivity contribution in [1.29, 1.82) is 0 Å². The van der Waals surface area contributed by atoms with Crippen molar-refractivity contribution in [1.82, 2.24) is 4.98 Å². The summed E-state index contributed by atoms with van der Waals surface area (Å²) in [7, 11) is 0. The van der Waals surface area contributed by atoms with Gasteiger partial charge < -0.3 is 0 Å². The zero-order chi connectivity index (χ0) is 16.7. The highest BCUT2D eigenvalue weighted by Crippen LogP contribution is 2.33. The Balaban J connectivity index is 2.70. The third-order valence-corrected chi connectivity index (χ3v) is 3.17.